The van der Waals surface area contributed by atoms with Crippen LogP contribution in [0.2, 0.25) is 0 Å². The van der Waals surface area contributed by atoms with Gasteiger partial charge in [-0.15, -0.1) is 10.2 Å². The summed E-state index contributed by atoms with van der Waals surface area (Å²) in [4.78, 5) is 1.44. The normalized spacial score (nSPS) is 21.6. The maximum absolute atomic E-state index is 5.50. The molecule has 2 heterocycles. The Morgan fingerprint density at radius 2 is 2.57 bits per heavy atom. The third-order valence-electron chi connectivity index (χ3n) is 2.30. The molecular weight excluding hydrogens is 182 g/mol. The maximum atomic E-state index is 5.50. The highest BCUT2D eigenvalue weighted by atomic mass is 16.5. The monoisotopic (exact) mass is 197 g/mol. The number of aryl methyl sites for hydroxylation is 1. The first-order chi connectivity index (χ1) is 6.84. The Kier molecular flexibility index (Phi) is 3.05. The minimum Gasteiger partial charge on any atom is -0.373 e. The van der Waals surface area contributed by atoms with Crippen LogP contribution in [0.15, 0.2) is 0 Å². The Labute approximate surface area is 82.6 Å². The van der Waals surface area contributed by atoms with E-state index in [1.165, 1.54) is 11.2 Å². The zero-order valence-electron chi connectivity index (χ0n) is 8.31. The Balaban J connectivity index is 1.67. The van der Waals surface area contributed by atoms with E-state index in [9.17, 15) is 0 Å². The van der Waals surface area contributed by atoms with Gasteiger partial charge >= 0.3 is 0 Å². The van der Waals surface area contributed by atoms with Crippen molar-refractivity contribution in [2.45, 2.75) is 13.0 Å². The van der Waals surface area contributed by atoms with Crippen molar-refractivity contribution < 1.29 is 4.74 Å². The van der Waals surface area contributed by atoms with Crippen LogP contribution in [-0.4, -0.2) is 39.9 Å². The lowest BCUT2D eigenvalue weighted by Gasteiger charge is -2.06. The summed E-state index contributed by atoms with van der Waals surface area (Å²) in [5.74, 6) is 1.30. The number of hydrogen-bond donors (Lipinski definition) is 1. The van der Waals surface area contributed by atoms with Crippen molar-refractivity contribution in [3.05, 3.63) is 5.82 Å². The van der Waals surface area contributed by atoms with Crippen molar-refractivity contribution >= 4 is 0 Å². The van der Waals surface area contributed by atoms with Crippen molar-refractivity contribution in [2.75, 3.05) is 19.7 Å². The smallest absolute Gasteiger partial charge is 0.200 e. The lowest BCUT2D eigenvalue weighted by atomic mass is 10.1. The van der Waals surface area contributed by atoms with Gasteiger partial charge in [0.1, 0.15) is 6.61 Å². The largest absolute Gasteiger partial charge is 0.373 e. The lowest BCUT2D eigenvalue weighted by molar-refractivity contribution is 0.0877. The van der Waals surface area contributed by atoms with Crippen molar-refractivity contribution in [1.29, 1.82) is 0 Å². The molecule has 0 bridgehead atoms. The first kappa shape index (κ1) is 9.54. The third-order valence-corrected chi connectivity index (χ3v) is 2.30. The molecule has 1 aromatic heterocycles. The predicted octanol–water partition coefficient (Wildman–Crippen LogP) is -0.664. The quantitative estimate of drug-likeness (QED) is 0.694. The highest BCUT2D eigenvalue weighted by Gasteiger charge is 2.14. The van der Waals surface area contributed by atoms with Gasteiger partial charge in [-0.3, -0.25) is 0 Å². The van der Waals surface area contributed by atoms with E-state index in [0.29, 0.717) is 18.3 Å². The van der Waals surface area contributed by atoms with E-state index in [1.807, 2.05) is 0 Å². The fraction of sp³-hybridized carbons (Fsp3) is 0.875. The standard InChI is InChI=1S/C8H15N5O/c1-13-11-8(10-12-13)6-14-5-7-2-3-9-4-7/h7,9H,2-6H2,1H3. The molecule has 0 amide bonds. The van der Waals surface area contributed by atoms with Gasteiger partial charge in [-0.05, 0) is 24.1 Å². The second-order valence-electron chi connectivity index (χ2n) is 3.57. The van der Waals surface area contributed by atoms with Gasteiger partial charge in [-0.1, -0.05) is 0 Å². The maximum Gasteiger partial charge on any atom is 0.200 e. The van der Waals surface area contributed by atoms with Crippen LogP contribution in [0.4, 0.5) is 0 Å². The van der Waals surface area contributed by atoms with Gasteiger partial charge < -0.3 is 10.1 Å². The molecule has 0 saturated carbocycles. The van der Waals surface area contributed by atoms with Crippen LogP contribution in [0.5, 0.6) is 0 Å². The van der Waals surface area contributed by atoms with E-state index in [0.717, 1.165) is 19.7 Å². The molecule has 1 unspecified atom stereocenters. The molecule has 0 aliphatic carbocycles. The molecule has 0 radical (unpaired) electrons. The van der Waals surface area contributed by atoms with Gasteiger partial charge in [0.15, 0.2) is 5.82 Å². The predicted molar refractivity (Wildman–Crippen MR) is 49.4 cm³/mol. The number of aromatic nitrogens is 4. The molecule has 1 fully saturated rings. The summed E-state index contributed by atoms with van der Waals surface area (Å²) < 4.78 is 5.50. The van der Waals surface area contributed by atoms with Gasteiger partial charge in [0.05, 0.1) is 13.7 Å². The molecule has 1 aliphatic heterocycles. The van der Waals surface area contributed by atoms with E-state index in [1.54, 1.807) is 7.05 Å². The van der Waals surface area contributed by atoms with Crippen molar-refractivity contribution in [3.8, 4) is 0 Å². The molecule has 1 N–H and O–H groups in total. The van der Waals surface area contributed by atoms with Gasteiger partial charge in [0, 0.05) is 6.54 Å². The van der Waals surface area contributed by atoms with E-state index < -0.39 is 0 Å². The van der Waals surface area contributed by atoms with E-state index >= 15 is 0 Å². The Hall–Kier alpha value is -1.01. The number of hydrogen-bond acceptors (Lipinski definition) is 5. The average molecular weight is 197 g/mol. The number of tetrazole rings is 1. The second kappa shape index (κ2) is 4.47. The summed E-state index contributed by atoms with van der Waals surface area (Å²) in [6.45, 7) is 3.42. The third kappa shape index (κ3) is 2.49. The molecule has 1 aromatic rings. The SMILES string of the molecule is Cn1nnc(COCC2CCNC2)n1. The fourth-order valence-electron chi connectivity index (χ4n) is 1.55. The molecule has 2 rings (SSSR count). The summed E-state index contributed by atoms with van der Waals surface area (Å²) in [7, 11) is 1.75. The summed E-state index contributed by atoms with van der Waals surface area (Å²) in [5.41, 5.74) is 0. The molecule has 14 heavy (non-hydrogen) atoms. The van der Waals surface area contributed by atoms with E-state index in [-0.39, 0.29) is 0 Å². The van der Waals surface area contributed by atoms with Gasteiger partial charge in [-0.25, -0.2) is 0 Å². The number of nitrogens with one attached hydrogen (secondary N) is 1. The fourth-order valence-corrected chi connectivity index (χ4v) is 1.55. The van der Waals surface area contributed by atoms with Gasteiger partial charge in [0.25, 0.3) is 0 Å². The minimum absolute atomic E-state index is 0.463. The Morgan fingerprint density at radius 1 is 1.64 bits per heavy atom. The second-order valence-corrected chi connectivity index (χ2v) is 3.57. The zero-order valence-corrected chi connectivity index (χ0v) is 8.31. The summed E-state index contributed by atoms with van der Waals surface area (Å²) in [6.07, 6.45) is 1.20. The lowest BCUT2D eigenvalue weighted by Crippen LogP contribution is -2.14. The number of rotatable bonds is 4. The zero-order chi connectivity index (χ0) is 9.80. The molecular formula is C8H15N5O. The van der Waals surface area contributed by atoms with Crippen molar-refractivity contribution in [1.82, 2.24) is 25.5 Å². The highest BCUT2D eigenvalue weighted by molar-refractivity contribution is 4.73. The molecule has 0 spiro atoms. The molecule has 1 atom stereocenters. The van der Waals surface area contributed by atoms with Crippen LogP contribution in [0.25, 0.3) is 0 Å². The van der Waals surface area contributed by atoms with Crippen LogP contribution in [0.1, 0.15) is 12.2 Å². The van der Waals surface area contributed by atoms with Crippen LogP contribution in [0.3, 0.4) is 0 Å². The van der Waals surface area contributed by atoms with Crippen LogP contribution in [-0.2, 0) is 18.4 Å². The van der Waals surface area contributed by atoms with Crippen molar-refractivity contribution in [3.63, 3.8) is 0 Å². The number of ether oxygens (including phenoxy) is 1. The molecule has 6 heteroatoms. The van der Waals surface area contributed by atoms with E-state index in [4.69, 9.17) is 4.74 Å². The van der Waals surface area contributed by atoms with E-state index in [2.05, 4.69) is 20.7 Å². The topological polar surface area (TPSA) is 64.9 Å². The van der Waals surface area contributed by atoms with Crippen LogP contribution in [0, 0.1) is 5.92 Å². The number of nitrogens with zero attached hydrogens (tertiary/aromatic N) is 4. The van der Waals surface area contributed by atoms with Crippen molar-refractivity contribution in [2.24, 2.45) is 13.0 Å². The summed E-state index contributed by atoms with van der Waals surface area (Å²) in [6, 6.07) is 0. The Morgan fingerprint density at radius 3 is 3.21 bits per heavy atom. The first-order valence-electron chi connectivity index (χ1n) is 4.86. The molecule has 6 nitrogen and oxygen atoms in total. The first-order valence-corrected chi connectivity index (χ1v) is 4.86. The molecule has 1 aliphatic rings. The average Bonchev–Trinajstić information content (AvgIpc) is 2.77. The Bertz CT molecular complexity index is 281. The minimum atomic E-state index is 0.463. The molecule has 78 valence electrons. The molecule has 1 saturated heterocycles. The van der Waals surface area contributed by atoms with Crippen LogP contribution < -0.4 is 5.32 Å². The highest BCUT2D eigenvalue weighted by Crippen LogP contribution is 2.07. The van der Waals surface area contributed by atoms with Gasteiger partial charge in [-0.2, -0.15) is 4.80 Å². The van der Waals surface area contributed by atoms with Gasteiger partial charge in [0.2, 0.25) is 0 Å². The summed E-state index contributed by atoms with van der Waals surface area (Å²) >= 11 is 0. The summed E-state index contributed by atoms with van der Waals surface area (Å²) in [5, 5.41) is 14.9. The molecule has 0 aromatic carbocycles. The van der Waals surface area contributed by atoms with Crippen LogP contribution >= 0.6 is 0 Å².